The van der Waals surface area contributed by atoms with E-state index in [2.05, 4.69) is 37.1 Å². The molecule has 1 rings (SSSR count). The molecule has 1 N–H and O–H groups in total. The molecule has 0 aromatic carbocycles. The van der Waals surface area contributed by atoms with E-state index in [1.807, 2.05) is 7.11 Å². The van der Waals surface area contributed by atoms with E-state index in [1.165, 1.54) is 6.42 Å². The van der Waals surface area contributed by atoms with E-state index >= 15 is 0 Å². The summed E-state index contributed by atoms with van der Waals surface area (Å²) in [7, 11) is 1.82. The second-order valence-electron chi connectivity index (χ2n) is 6.61. The van der Waals surface area contributed by atoms with Gasteiger partial charge in [0.15, 0.2) is 0 Å². The summed E-state index contributed by atoms with van der Waals surface area (Å²) in [5, 5.41) is 13.0. The second-order valence-corrected chi connectivity index (χ2v) is 6.61. The van der Waals surface area contributed by atoms with E-state index in [0.29, 0.717) is 0 Å². The van der Waals surface area contributed by atoms with Gasteiger partial charge < -0.3 is 9.64 Å². The van der Waals surface area contributed by atoms with E-state index in [-0.39, 0.29) is 11.1 Å². The van der Waals surface area contributed by atoms with E-state index in [1.54, 1.807) is 0 Å². The third kappa shape index (κ3) is 5.58. The van der Waals surface area contributed by atoms with Gasteiger partial charge in [0.2, 0.25) is 0 Å². The van der Waals surface area contributed by atoms with Crippen LogP contribution in [0.5, 0.6) is 0 Å². The summed E-state index contributed by atoms with van der Waals surface area (Å²) in [6.07, 6.45) is 6.30. The molecule has 0 saturated carbocycles. The molecule has 2 unspecified atom stereocenters. The molecule has 0 amide bonds. The van der Waals surface area contributed by atoms with Crippen molar-refractivity contribution in [1.29, 1.82) is 5.26 Å². The Kier molecular flexibility index (Phi) is 7.65. The molecule has 2 atom stereocenters. The Balaban J connectivity index is 2.42. The lowest BCUT2D eigenvalue weighted by atomic mass is 9.90. The normalized spacial score (nSPS) is 26.2. The molecule has 1 fully saturated rings. The molecule has 0 radical (unpaired) electrons. The summed E-state index contributed by atoms with van der Waals surface area (Å²) in [5.74, 6) is 0. The summed E-state index contributed by atoms with van der Waals surface area (Å²) in [6.45, 7) is 10.6. The van der Waals surface area contributed by atoms with Gasteiger partial charge in [0.25, 0.3) is 0 Å². The molecule has 21 heavy (non-hydrogen) atoms. The molecule has 1 aliphatic heterocycles. The van der Waals surface area contributed by atoms with Crippen LogP contribution in [0, 0.1) is 11.3 Å². The highest BCUT2D eigenvalue weighted by Gasteiger charge is 2.31. The Morgan fingerprint density at radius 2 is 2.19 bits per heavy atom. The minimum absolute atomic E-state index is 0.00971. The number of rotatable bonds is 9. The van der Waals surface area contributed by atoms with Crippen LogP contribution < -0.4 is 5.32 Å². The highest BCUT2D eigenvalue weighted by Crippen LogP contribution is 2.25. The molecular formula is C17H33N3O. The number of piperidine rings is 1. The molecule has 122 valence electrons. The molecule has 1 saturated heterocycles. The third-order valence-corrected chi connectivity index (χ3v) is 4.84. The fourth-order valence-electron chi connectivity index (χ4n) is 3.20. The summed E-state index contributed by atoms with van der Waals surface area (Å²) < 4.78 is 5.65. The Labute approximate surface area is 130 Å². The minimum Gasteiger partial charge on any atom is -0.377 e. The van der Waals surface area contributed by atoms with Crippen molar-refractivity contribution in [2.75, 3.05) is 33.3 Å². The number of methoxy groups -OCH3 is 1. The average molecular weight is 295 g/mol. The van der Waals surface area contributed by atoms with E-state index in [9.17, 15) is 5.26 Å². The van der Waals surface area contributed by atoms with Gasteiger partial charge in [-0.1, -0.05) is 13.8 Å². The highest BCUT2D eigenvalue weighted by atomic mass is 16.5. The molecule has 0 bridgehead atoms. The summed E-state index contributed by atoms with van der Waals surface area (Å²) in [5.41, 5.74) is -0.327. The molecule has 4 heteroatoms. The van der Waals surface area contributed by atoms with Crippen molar-refractivity contribution in [2.24, 2.45) is 0 Å². The van der Waals surface area contributed by atoms with Crippen LogP contribution in [-0.4, -0.2) is 49.3 Å². The van der Waals surface area contributed by atoms with Gasteiger partial charge in [-0.05, 0) is 65.1 Å². The van der Waals surface area contributed by atoms with Gasteiger partial charge in [0.05, 0.1) is 11.7 Å². The zero-order valence-corrected chi connectivity index (χ0v) is 14.4. The maximum atomic E-state index is 9.52. The first-order valence-electron chi connectivity index (χ1n) is 8.47. The summed E-state index contributed by atoms with van der Waals surface area (Å²) >= 11 is 0. The van der Waals surface area contributed by atoms with Crippen LogP contribution in [0.1, 0.15) is 59.3 Å². The van der Waals surface area contributed by atoms with E-state index in [0.717, 1.165) is 58.3 Å². The highest BCUT2D eigenvalue weighted by molar-refractivity contribution is 5.06. The van der Waals surface area contributed by atoms with Gasteiger partial charge in [-0.2, -0.15) is 5.26 Å². The van der Waals surface area contributed by atoms with E-state index in [4.69, 9.17) is 4.74 Å². The average Bonchev–Trinajstić information content (AvgIpc) is 2.51. The Morgan fingerprint density at radius 1 is 1.43 bits per heavy atom. The van der Waals surface area contributed by atoms with E-state index < -0.39 is 0 Å². The van der Waals surface area contributed by atoms with Crippen molar-refractivity contribution >= 4 is 0 Å². The summed E-state index contributed by atoms with van der Waals surface area (Å²) in [6, 6.07) is 2.51. The topological polar surface area (TPSA) is 48.3 Å². The molecular weight excluding hydrogens is 262 g/mol. The van der Waals surface area contributed by atoms with Crippen molar-refractivity contribution in [1.82, 2.24) is 10.2 Å². The molecule has 0 aromatic heterocycles. The number of likely N-dealkylation sites (tertiary alicyclic amines) is 1. The monoisotopic (exact) mass is 295 g/mol. The SMILES string of the molecule is CCCNC(C#N)(CC)CCCN1CCCC(C)(OC)C1. The predicted molar refractivity (Wildman–Crippen MR) is 87.3 cm³/mol. The summed E-state index contributed by atoms with van der Waals surface area (Å²) in [4.78, 5) is 2.49. The number of hydrogen-bond donors (Lipinski definition) is 1. The first-order valence-corrected chi connectivity index (χ1v) is 8.47. The first-order chi connectivity index (χ1) is 10.0. The molecule has 1 heterocycles. The van der Waals surface area contributed by atoms with Crippen LogP contribution in [0.15, 0.2) is 0 Å². The van der Waals surface area contributed by atoms with Crippen molar-refractivity contribution in [2.45, 2.75) is 70.4 Å². The minimum atomic E-state index is -0.337. The Bertz CT molecular complexity index is 341. The Hall–Kier alpha value is -0.630. The van der Waals surface area contributed by atoms with Crippen LogP contribution in [-0.2, 0) is 4.74 Å². The van der Waals surface area contributed by atoms with Gasteiger partial charge >= 0.3 is 0 Å². The quantitative estimate of drug-likeness (QED) is 0.710. The van der Waals surface area contributed by atoms with Crippen molar-refractivity contribution in [3.05, 3.63) is 0 Å². The molecule has 0 aliphatic carbocycles. The molecule has 4 nitrogen and oxygen atoms in total. The largest absolute Gasteiger partial charge is 0.377 e. The Morgan fingerprint density at radius 3 is 2.76 bits per heavy atom. The predicted octanol–water partition coefficient (Wildman–Crippen LogP) is 2.94. The number of hydrogen-bond acceptors (Lipinski definition) is 4. The van der Waals surface area contributed by atoms with Crippen LogP contribution in [0.2, 0.25) is 0 Å². The number of ether oxygens (including phenoxy) is 1. The number of nitriles is 1. The first kappa shape index (κ1) is 18.4. The van der Waals surface area contributed by atoms with Crippen LogP contribution >= 0.6 is 0 Å². The number of nitrogens with one attached hydrogen (secondary N) is 1. The zero-order valence-electron chi connectivity index (χ0n) is 14.4. The lowest BCUT2D eigenvalue weighted by Crippen LogP contribution is -2.48. The van der Waals surface area contributed by atoms with Crippen molar-refractivity contribution in [3.8, 4) is 6.07 Å². The van der Waals surface area contributed by atoms with Crippen LogP contribution in [0.3, 0.4) is 0 Å². The van der Waals surface area contributed by atoms with Crippen LogP contribution in [0.4, 0.5) is 0 Å². The zero-order chi connectivity index (χ0) is 15.8. The fourth-order valence-corrected chi connectivity index (χ4v) is 3.20. The maximum Gasteiger partial charge on any atom is 0.106 e. The van der Waals surface area contributed by atoms with Gasteiger partial charge in [0, 0.05) is 13.7 Å². The van der Waals surface area contributed by atoms with Crippen molar-refractivity contribution < 1.29 is 4.74 Å². The fraction of sp³-hybridized carbons (Fsp3) is 0.941. The molecule has 0 aromatic rings. The maximum absolute atomic E-state index is 9.52. The third-order valence-electron chi connectivity index (χ3n) is 4.84. The van der Waals surface area contributed by atoms with Gasteiger partial charge in [-0.15, -0.1) is 0 Å². The van der Waals surface area contributed by atoms with Gasteiger partial charge in [-0.3, -0.25) is 5.32 Å². The van der Waals surface area contributed by atoms with Gasteiger partial charge in [0.1, 0.15) is 5.54 Å². The smallest absolute Gasteiger partial charge is 0.106 e. The molecule has 1 aliphatic rings. The lowest BCUT2D eigenvalue weighted by molar-refractivity contribution is -0.0510. The number of nitrogens with zero attached hydrogens (tertiary/aromatic N) is 2. The molecule has 0 spiro atoms. The van der Waals surface area contributed by atoms with Crippen LogP contribution in [0.25, 0.3) is 0 Å². The second kappa shape index (κ2) is 8.73. The van der Waals surface area contributed by atoms with Crippen molar-refractivity contribution in [3.63, 3.8) is 0 Å². The standard InChI is InChI=1S/C17H33N3O/c1-5-11-19-17(6-2,14-18)10-8-13-20-12-7-9-16(3,15-20)21-4/h19H,5-13,15H2,1-4H3. The van der Waals surface area contributed by atoms with Gasteiger partial charge in [-0.25, -0.2) is 0 Å². The lowest BCUT2D eigenvalue weighted by Gasteiger charge is -2.39.